The first-order valence-electron chi connectivity index (χ1n) is 12.7. The maximum absolute atomic E-state index is 12.2. The summed E-state index contributed by atoms with van der Waals surface area (Å²) >= 11 is 0. The largest absolute Gasteiger partial charge is 0.480 e. The van der Waals surface area contributed by atoms with Crippen molar-refractivity contribution in [2.75, 3.05) is 19.7 Å². The van der Waals surface area contributed by atoms with E-state index in [0.29, 0.717) is 12.5 Å². The molecule has 4 rings (SSSR count). The number of aromatic nitrogens is 1. The van der Waals surface area contributed by atoms with Crippen LogP contribution in [0.25, 0.3) is 0 Å². The van der Waals surface area contributed by atoms with Gasteiger partial charge in [0.05, 0.1) is 6.10 Å². The van der Waals surface area contributed by atoms with Gasteiger partial charge in [0.2, 0.25) is 0 Å². The Labute approximate surface area is 198 Å². The summed E-state index contributed by atoms with van der Waals surface area (Å²) in [6, 6.07) is 11.8. The van der Waals surface area contributed by atoms with Gasteiger partial charge < -0.3 is 9.84 Å². The SMILES string of the molecule is CC(C)c1ccccc1C(C(=O)O)N1CC[C@@H](OCCCCc2ccc3c(n2)CCCC3)C1. The van der Waals surface area contributed by atoms with Crippen molar-refractivity contribution >= 4 is 5.97 Å². The maximum atomic E-state index is 12.2. The molecule has 0 radical (unpaired) electrons. The molecule has 2 aromatic rings. The molecule has 2 aliphatic rings. The zero-order valence-corrected chi connectivity index (χ0v) is 20.1. The number of benzene rings is 1. The number of hydrogen-bond donors (Lipinski definition) is 1. The van der Waals surface area contributed by atoms with E-state index in [-0.39, 0.29) is 6.10 Å². The molecule has 0 saturated carbocycles. The highest BCUT2D eigenvalue weighted by molar-refractivity contribution is 5.76. The molecule has 1 N–H and O–H groups in total. The van der Waals surface area contributed by atoms with Gasteiger partial charge in [0, 0.05) is 31.1 Å². The van der Waals surface area contributed by atoms with E-state index in [9.17, 15) is 9.90 Å². The molecular weight excluding hydrogens is 412 g/mol. The highest BCUT2D eigenvalue weighted by Crippen LogP contribution is 2.32. The topological polar surface area (TPSA) is 62.7 Å². The Morgan fingerprint density at radius 3 is 2.70 bits per heavy atom. The average Bonchev–Trinajstić information content (AvgIpc) is 3.27. The molecule has 5 nitrogen and oxygen atoms in total. The summed E-state index contributed by atoms with van der Waals surface area (Å²) < 4.78 is 6.15. The highest BCUT2D eigenvalue weighted by Gasteiger charge is 2.35. The number of aryl methyl sites for hydroxylation is 3. The minimum atomic E-state index is -0.777. The third-order valence-electron chi connectivity index (χ3n) is 7.10. The normalized spacial score (nSPS) is 19.5. The fourth-order valence-electron chi connectivity index (χ4n) is 5.32. The molecule has 1 saturated heterocycles. The van der Waals surface area contributed by atoms with Crippen LogP contribution in [0, 0.1) is 0 Å². The molecule has 1 unspecified atom stereocenters. The van der Waals surface area contributed by atoms with Gasteiger partial charge in [-0.05, 0) is 80.0 Å². The van der Waals surface area contributed by atoms with Crippen LogP contribution in [-0.4, -0.2) is 46.8 Å². The number of carboxylic acids is 1. The molecule has 5 heteroatoms. The van der Waals surface area contributed by atoms with Gasteiger partial charge in [-0.25, -0.2) is 0 Å². The molecule has 33 heavy (non-hydrogen) atoms. The molecule has 0 bridgehead atoms. The van der Waals surface area contributed by atoms with Gasteiger partial charge in [-0.2, -0.15) is 0 Å². The Balaban J connectivity index is 1.24. The Hall–Kier alpha value is -2.24. The number of ether oxygens (including phenoxy) is 1. The summed E-state index contributed by atoms with van der Waals surface area (Å²) in [5.74, 6) is -0.483. The summed E-state index contributed by atoms with van der Waals surface area (Å²) in [5.41, 5.74) is 5.99. The van der Waals surface area contributed by atoms with Crippen LogP contribution in [0.4, 0.5) is 0 Å². The number of likely N-dealkylation sites (tertiary alicyclic amines) is 1. The second-order valence-electron chi connectivity index (χ2n) is 9.87. The quantitative estimate of drug-likeness (QED) is 0.496. The minimum absolute atomic E-state index is 0.111. The van der Waals surface area contributed by atoms with E-state index in [1.807, 2.05) is 18.2 Å². The van der Waals surface area contributed by atoms with Gasteiger partial charge in [0.15, 0.2) is 0 Å². The molecule has 1 fully saturated rings. The van der Waals surface area contributed by atoms with Crippen molar-refractivity contribution in [1.82, 2.24) is 9.88 Å². The lowest BCUT2D eigenvalue weighted by Crippen LogP contribution is -2.34. The van der Waals surface area contributed by atoms with Gasteiger partial charge in [0.1, 0.15) is 6.04 Å². The number of unbranched alkanes of at least 4 members (excludes halogenated alkanes) is 1. The Morgan fingerprint density at radius 2 is 1.91 bits per heavy atom. The number of pyridine rings is 1. The van der Waals surface area contributed by atoms with E-state index in [1.54, 1.807) is 0 Å². The lowest BCUT2D eigenvalue weighted by molar-refractivity contribution is -0.143. The standard InChI is InChI=1S/C28H38N2O3/c1-20(2)24-11-4-5-12-25(24)27(28(31)32)30-17-16-23(19-30)33-18-8-7-10-22-15-14-21-9-3-6-13-26(21)29-22/h4-5,11-12,14-15,20,23,27H,3,6-10,13,16-19H2,1-2H3,(H,31,32)/t23-,27?/m1/s1. The molecule has 1 aliphatic carbocycles. The fraction of sp³-hybridized carbons (Fsp3) is 0.571. The van der Waals surface area contributed by atoms with Crippen LogP contribution >= 0.6 is 0 Å². The van der Waals surface area contributed by atoms with Gasteiger partial charge in [-0.15, -0.1) is 0 Å². The second-order valence-corrected chi connectivity index (χ2v) is 9.87. The first-order valence-corrected chi connectivity index (χ1v) is 12.7. The average molecular weight is 451 g/mol. The zero-order chi connectivity index (χ0) is 23.2. The van der Waals surface area contributed by atoms with Crippen LogP contribution in [0.1, 0.15) is 86.0 Å². The fourth-order valence-corrected chi connectivity index (χ4v) is 5.32. The molecule has 2 heterocycles. The molecule has 0 spiro atoms. The smallest absolute Gasteiger partial charge is 0.325 e. The molecule has 1 aromatic carbocycles. The third-order valence-corrected chi connectivity index (χ3v) is 7.10. The predicted molar refractivity (Wildman–Crippen MR) is 131 cm³/mol. The number of nitrogens with zero attached hydrogens (tertiary/aromatic N) is 2. The van der Waals surface area contributed by atoms with E-state index >= 15 is 0 Å². The van der Waals surface area contributed by atoms with E-state index in [0.717, 1.165) is 56.4 Å². The molecule has 1 aromatic heterocycles. The molecule has 0 amide bonds. The molecular formula is C28H38N2O3. The Kier molecular flexibility index (Phi) is 8.15. The summed E-state index contributed by atoms with van der Waals surface area (Å²) in [7, 11) is 0. The highest BCUT2D eigenvalue weighted by atomic mass is 16.5. The number of fused-ring (bicyclic) bond motifs is 1. The summed E-state index contributed by atoms with van der Waals surface area (Å²) in [4.78, 5) is 19.2. The first-order chi connectivity index (χ1) is 16.0. The van der Waals surface area contributed by atoms with Crippen molar-refractivity contribution in [1.29, 1.82) is 0 Å². The Morgan fingerprint density at radius 1 is 1.12 bits per heavy atom. The van der Waals surface area contributed by atoms with Gasteiger partial charge >= 0.3 is 5.97 Å². The van der Waals surface area contributed by atoms with Crippen LogP contribution in [0.3, 0.4) is 0 Å². The van der Waals surface area contributed by atoms with Crippen LogP contribution < -0.4 is 0 Å². The van der Waals surface area contributed by atoms with Crippen molar-refractivity contribution in [2.24, 2.45) is 0 Å². The molecule has 2 atom stereocenters. The summed E-state index contributed by atoms with van der Waals surface area (Å²) in [6.07, 6.45) is 8.95. The van der Waals surface area contributed by atoms with Crippen LogP contribution in [0.2, 0.25) is 0 Å². The maximum Gasteiger partial charge on any atom is 0.325 e. The molecule has 178 valence electrons. The van der Waals surface area contributed by atoms with E-state index < -0.39 is 12.0 Å². The second kappa shape index (κ2) is 11.3. The van der Waals surface area contributed by atoms with Gasteiger partial charge in [0.25, 0.3) is 0 Å². The predicted octanol–water partition coefficient (Wildman–Crippen LogP) is 5.32. The first kappa shape index (κ1) is 23.9. The molecule has 1 aliphatic heterocycles. The van der Waals surface area contributed by atoms with Crippen molar-refractivity contribution in [2.45, 2.75) is 83.3 Å². The lowest BCUT2D eigenvalue weighted by Gasteiger charge is -2.27. The number of carboxylic acid groups (broad SMARTS) is 1. The third kappa shape index (κ3) is 6.01. The lowest BCUT2D eigenvalue weighted by atomic mass is 9.92. The van der Waals surface area contributed by atoms with Crippen molar-refractivity contribution in [3.8, 4) is 0 Å². The number of hydrogen-bond acceptors (Lipinski definition) is 4. The van der Waals surface area contributed by atoms with Crippen LogP contribution in [0.5, 0.6) is 0 Å². The summed E-state index contributed by atoms with van der Waals surface area (Å²) in [6.45, 7) is 6.40. The van der Waals surface area contributed by atoms with Crippen molar-refractivity contribution in [3.05, 3.63) is 64.5 Å². The number of aliphatic carboxylic acids is 1. The van der Waals surface area contributed by atoms with Gasteiger partial charge in [-0.1, -0.05) is 44.2 Å². The minimum Gasteiger partial charge on any atom is -0.480 e. The zero-order valence-electron chi connectivity index (χ0n) is 20.1. The number of carbonyl (C=O) groups is 1. The van der Waals surface area contributed by atoms with Crippen LogP contribution in [0.15, 0.2) is 36.4 Å². The van der Waals surface area contributed by atoms with Gasteiger partial charge in [-0.3, -0.25) is 14.7 Å². The van der Waals surface area contributed by atoms with E-state index in [1.165, 1.54) is 36.2 Å². The number of rotatable bonds is 10. The van der Waals surface area contributed by atoms with E-state index in [4.69, 9.17) is 9.72 Å². The monoisotopic (exact) mass is 450 g/mol. The van der Waals surface area contributed by atoms with E-state index in [2.05, 4.69) is 36.9 Å². The summed E-state index contributed by atoms with van der Waals surface area (Å²) in [5, 5.41) is 10.0. The van der Waals surface area contributed by atoms with Crippen molar-refractivity contribution in [3.63, 3.8) is 0 Å². The Bertz CT molecular complexity index is 942. The van der Waals surface area contributed by atoms with Crippen LogP contribution in [-0.2, 0) is 28.8 Å². The van der Waals surface area contributed by atoms with Crippen molar-refractivity contribution < 1.29 is 14.6 Å².